The van der Waals surface area contributed by atoms with E-state index in [0.29, 0.717) is 0 Å². The zero-order valence-electron chi connectivity index (χ0n) is 14.9. The lowest BCUT2D eigenvalue weighted by molar-refractivity contribution is 0.213. The Balaban J connectivity index is 1.77. The molecule has 0 saturated heterocycles. The van der Waals surface area contributed by atoms with Crippen molar-refractivity contribution >= 4 is 41.6 Å². The van der Waals surface area contributed by atoms with Gasteiger partial charge in [0, 0.05) is 13.2 Å². The summed E-state index contributed by atoms with van der Waals surface area (Å²) in [5.74, 6) is 0. The van der Waals surface area contributed by atoms with Gasteiger partial charge in [-0.1, -0.05) is 54.6 Å². The van der Waals surface area contributed by atoms with Gasteiger partial charge in [-0.25, -0.2) is 0 Å². The second-order valence-corrected chi connectivity index (χ2v) is 8.56. The minimum atomic E-state index is -1.56. The molecule has 0 N–H and O–H groups in total. The van der Waals surface area contributed by atoms with Gasteiger partial charge < -0.3 is 8.85 Å². The van der Waals surface area contributed by atoms with Crippen LogP contribution in [-0.4, -0.2) is 22.5 Å². The summed E-state index contributed by atoms with van der Waals surface area (Å²) >= 11 is 0. The smallest absolute Gasteiger partial charge is 0.321 e. The number of hydrogen-bond donors (Lipinski definition) is 0. The molecule has 0 radical (unpaired) electrons. The molecule has 4 aromatic carbocycles. The zero-order chi connectivity index (χ0) is 17.2. The minimum absolute atomic E-state index is 0.745. The Hall–Kier alpha value is -1.94. The first-order chi connectivity index (χ1) is 12.3. The van der Waals surface area contributed by atoms with Crippen LogP contribution in [0.2, 0.25) is 6.04 Å². The Morgan fingerprint density at radius 1 is 0.720 bits per heavy atom. The molecule has 25 heavy (non-hydrogen) atoms. The zero-order valence-corrected chi connectivity index (χ0v) is 16.1. The second kappa shape index (κ2) is 7.12. The first-order valence-electron chi connectivity index (χ1n) is 9.20. The molecular weight excluding hydrogens is 324 g/mol. The molecule has 0 atom stereocenters. The first-order valence-corrected chi connectivity index (χ1v) is 11.0. The molecule has 4 aromatic rings. The van der Waals surface area contributed by atoms with Crippen molar-refractivity contribution < 1.29 is 8.85 Å². The molecule has 0 aliphatic carbocycles. The standard InChI is InChI=1S/C22H24O2Si/c1-3-23-25(24-4-2)15-14-16-8-9-19-11-10-17-6-5-7-18-12-13-20(16)22(19)21(17)18/h5-13,25H,3-4,14-15H2,1-2H3. The molecule has 2 nitrogen and oxygen atoms in total. The quantitative estimate of drug-likeness (QED) is 0.328. The van der Waals surface area contributed by atoms with Crippen LogP contribution in [0.15, 0.2) is 54.6 Å². The molecule has 0 bridgehead atoms. The second-order valence-electron chi connectivity index (χ2n) is 6.46. The predicted octanol–water partition coefficient (Wildman–Crippen LogP) is 5.42. The fourth-order valence-corrected chi connectivity index (χ4v) is 5.59. The van der Waals surface area contributed by atoms with Gasteiger partial charge in [0.2, 0.25) is 0 Å². The lowest BCUT2D eigenvalue weighted by atomic mass is 9.91. The monoisotopic (exact) mass is 348 g/mol. The third-order valence-electron chi connectivity index (χ3n) is 4.97. The van der Waals surface area contributed by atoms with Gasteiger partial charge in [0.15, 0.2) is 0 Å². The third-order valence-corrected chi connectivity index (χ3v) is 7.14. The average Bonchev–Trinajstić information content (AvgIpc) is 2.65. The number of aryl methyl sites for hydroxylation is 1. The van der Waals surface area contributed by atoms with Gasteiger partial charge in [0.1, 0.15) is 0 Å². The van der Waals surface area contributed by atoms with E-state index in [9.17, 15) is 0 Å². The van der Waals surface area contributed by atoms with Crippen molar-refractivity contribution in [2.24, 2.45) is 0 Å². The van der Waals surface area contributed by atoms with Gasteiger partial charge >= 0.3 is 9.28 Å². The van der Waals surface area contributed by atoms with Gasteiger partial charge in [-0.2, -0.15) is 0 Å². The van der Waals surface area contributed by atoms with Gasteiger partial charge in [-0.05, 0) is 64.2 Å². The van der Waals surface area contributed by atoms with Crippen LogP contribution in [0.5, 0.6) is 0 Å². The predicted molar refractivity (Wildman–Crippen MR) is 109 cm³/mol. The number of rotatable bonds is 7. The number of hydrogen-bond acceptors (Lipinski definition) is 2. The summed E-state index contributed by atoms with van der Waals surface area (Å²) in [6.07, 6.45) is 1.02. The largest absolute Gasteiger partial charge is 0.397 e. The van der Waals surface area contributed by atoms with Crippen LogP contribution >= 0.6 is 0 Å². The van der Waals surface area contributed by atoms with Crippen molar-refractivity contribution in [2.75, 3.05) is 13.2 Å². The Bertz CT molecular complexity index is 973. The summed E-state index contributed by atoms with van der Waals surface area (Å²) in [4.78, 5) is 0. The van der Waals surface area contributed by atoms with E-state index in [1.807, 2.05) is 0 Å². The van der Waals surface area contributed by atoms with Crippen LogP contribution in [-0.2, 0) is 15.3 Å². The van der Waals surface area contributed by atoms with Crippen LogP contribution in [0.4, 0.5) is 0 Å². The highest BCUT2D eigenvalue weighted by molar-refractivity contribution is 6.44. The highest BCUT2D eigenvalue weighted by atomic mass is 28.3. The maximum Gasteiger partial charge on any atom is 0.321 e. The van der Waals surface area contributed by atoms with Crippen LogP contribution in [0.3, 0.4) is 0 Å². The number of benzene rings is 4. The van der Waals surface area contributed by atoms with Crippen LogP contribution in [0.1, 0.15) is 19.4 Å². The van der Waals surface area contributed by atoms with Crippen molar-refractivity contribution in [1.82, 2.24) is 0 Å². The van der Waals surface area contributed by atoms with Crippen molar-refractivity contribution in [3.63, 3.8) is 0 Å². The fourth-order valence-electron chi connectivity index (χ4n) is 3.87. The SMILES string of the molecule is CCO[SiH](CCc1ccc2ccc3cccc4ccc1c2c34)OCC. The molecular formula is C22H24O2Si. The summed E-state index contributed by atoms with van der Waals surface area (Å²) in [5, 5.41) is 8.14. The van der Waals surface area contributed by atoms with Crippen molar-refractivity contribution in [3.8, 4) is 0 Å². The highest BCUT2D eigenvalue weighted by Gasteiger charge is 2.15. The molecule has 0 aromatic heterocycles. The molecule has 4 rings (SSSR count). The van der Waals surface area contributed by atoms with Crippen LogP contribution in [0, 0.1) is 0 Å². The molecule has 0 amide bonds. The highest BCUT2D eigenvalue weighted by Crippen LogP contribution is 2.36. The molecule has 3 heteroatoms. The maximum absolute atomic E-state index is 5.85. The Morgan fingerprint density at radius 3 is 2.00 bits per heavy atom. The maximum atomic E-state index is 5.85. The van der Waals surface area contributed by atoms with E-state index in [-0.39, 0.29) is 0 Å². The third kappa shape index (κ3) is 3.04. The normalized spacial score (nSPS) is 12.1. The van der Waals surface area contributed by atoms with E-state index in [2.05, 4.69) is 68.4 Å². The van der Waals surface area contributed by atoms with Crippen molar-refractivity contribution in [3.05, 3.63) is 60.2 Å². The lowest BCUT2D eigenvalue weighted by Crippen LogP contribution is -2.23. The summed E-state index contributed by atoms with van der Waals surface area (Å²) in [5.41, 5.74) is 1.41. The summed E-state index contributed by atoms with van der Waals surface area (Å²) in [6, 6.07) is 21.1. The molecule has 0 aliphatic rings. The first kappa shape index (κ1) is 16.5. The van der Waals surface area contributed by atoms with Gasteiger partial charge in [0.05, 0.1) is 0 Å². The fraction of sp³-hybridized carbons (Fsp3) is 0.273. The van der Waals surface area contributed by atoms with Crippen molar-refractivity contribution in [1.29, 1.82) is 0 Å². The summed E-state index contributed by atoms with van der Waals surface area (Å²) < 4.78 is 11.7. The van der Waals surface area contributed by atoms with E-state index in [1.165, 1.54) is 37.9 Å². The molecule has 0 saturated carbocycles. The molecule has 128 valence electrons. The van der Waals surface area contributed by atoms with Crippen molar-refractivity contribution in [2.45, 2.75) is 26.3 Å². The molecule has 0 aliphatic heterocycles. The van der Waals surface area contributed by atoms with Gasteiger partial charge in [-0.3, -0.25) is 0 Å². The Labute approximate surface area is 150 Å². The summed E-state index contributed by atoms with van der Waals surface area (Å²) in [6.45, 7) is 5.59. The Morgan fingerprint density at radius 2 is 1.32 bits per heavy atom. The van der Waals surface area contributed by atoms with Gasteiger partial charge in [-0.15, -0.1) is 0 Å². The van der Waals surface area contributed by atoms with E-state index in [1.54, 1.807) is 0 Å². The van der Waals surface area contributed by atoms with Gasteiger partial charge in [0.25, 0.3) is 0 Å². The van der Waals surface area contributed by atoms with E-state index < -0.39 is 9.28 Å². The average molecular weight is 349 g/mol. The van der Waals surface area contributed by atoms with E-state index >= 15 is 0 Å². The lowest BCUT2D eigenvalue weighted by Gasteiger charge is -2.17. The molecule has 0 spiro atoms. The van der Waals surface area contributed by atoms with Crippen LogP contribution < -0.4 is 0 Å². The molecule has 0 unspecified atom stereocenters. The Kier molecular flexibility index (Phi) is 4.71. The molecule has 0 fully saturated rings. The van der Waals surface area contributed by atoms with E-state index in [4.69, 9.17) is 8.85 Å². The van der Waals surface area contributed by atoms with E-state index in [0.717, 1.165) is 25.7 Å². The van der Waals surface area contributed by atoms with Crippen LogP contribution in [0.25, 0.3) is 32.3 Å². The minimum Gasteiger partial charge on any atom is -0.397 e. The summed E-state index contributed by atoms with van der Waals surface area (Å²) in [7, 11) is -1.56. The molecule has 0 heterocycles. The topological polar surface area (TPSA) is 18.5 Å².